The fourth-order valence-electron chi connectivity index (χ4n) is 2.16. The first-order valence-corrected chi connectivity index (χ1v) is 7.07. The highest BCUT2D eigenvalue weighted by atomic mass is 16.2. The molecule has 1 atom stereocenters. The predicted octanol–water partition coefficient (Wildman–Crippen LogP) is -0.132. The summed E-state index contributed by atoms with van der Waals surface area (Å²) in [6.07, 6.45) is 2.73. The van der Waals surface area contributed by atoms with Crippen LogP contribution in [0.5, 0.6) is 0 Å². The summed E-state index contributed by atoms with van der Waals surface area (Å²) in [7, 11) is 2.16. The third kappa shape index (κ3) is 5.80. The lowest BCUT2D eigenvalue weighted by Gasteiger charge is -2.32. The first-order chi connectivity index (χ1) is 8.63. The Kier molecular flexibility index (Phi) is 7.23. The summed E-state index contributed by atoms with van der Waals surface area (Å²) in [4.78, 5) is 16.4. The number of nitrogens with zero attached hydrogens (tertiary/aromatic N) is 2. The van der Waals surface area contributed by atoms with Crippen LogP contribution in [0.1, 0.15) is 26.2 Å². The van der Waals surface area contributed by atoms with Gasteiger partial charge in [0.25, 0.3) is 0 Å². The molecule has 0 aromatic carbocycles. The van der Waals surface area contributed by atoms with Crippen molar-refractivity contribution in [3.05, 3.63) is 0 Å². The molecule has 1 amide bonds. The van der Waals surface area contributed by atoms with E-state index in [-0.39, 0.29) is 11.9 Å². The topological polar surface area (TPSA) is 61.6 Å². The van der Waals surface area contributed by atoms with Gasteiger partial charge in [-0.25, -0.2) is 0 Å². The molecule has 106 valence electrons. The fraction of sp³-hybridized carbons (Fsp3) is 0.923. The molecule has 1 heterocycles. The largest absolute Gasteiger partial charge is 0.355 e. The van der Waals surface area contributed by atoms with E-state index in [0.29, 0.717) is 0 Å². The van der Waals surface area contributed by atoms with Crippen LogP contribution in [0.3, 0.4) is 0 Å². The summed E-state index contributed by atoms with van der Waals surface area (Å²) in [6.45, 7) is 8.42. The monoisotopic (exact) mass is 256 g/mol. The van der Waals surface area contributed by atoms with Crippen LogP contribution in [0.4, 0.5) is 0 Å². The summed E-state index contributed by atoms with van der Waals surface area (Å²) in [5.41, 5.74) is 5.74. The Morgan fingerprint density at radius 1 is 1.33 bits per heavy atom. The molecule has 18 heavy (non-hydrogen) atoms. The average molecular weight is 256 g/mol. The van der Waals surface area contributed by atoms with Gasteiger partial charge in [-0.05, 0) is 26.4 Å². The highest BCUT2D eigenvalue weighted by Crippen LogP contribution is 1.99. The SMILES string of the molecule is CCC[C@H](N)C(=O)NCCCN1CCN(C)CC1. The second-order valence-corrected chi connectivity index (χ2v) is 5.18. The molecule has 0 aromatic heterocycles. The molecule has 3 N–H and O–H groups in total. The van der Waals surface area contributed by atoms with E-state index in [0.717, 1.165) is 58.5 Å². The molecule has 0 unspecified atom stereocenters. The van der Waals surface area contributed by atoms with Gasteiger partial charge >= 0.3 is 0 Å². The second-order valence-electron chi connectivity index (χ2n) is 5.18. The molecular weight excluding hydrogens is 228 g/mol. The standard InChI is InChI=1S/C13H28N4O/c1-3-5-12(14)13(18)15-6-4-7-17-10-8-16(2)9-11-17/h12H,3-11,14H2,1-2H3,(H,15,18)/t12-/m0/s1. The quantitative estimate of drug-likeness (QED) is 0.623. The minimum absolute atomic E-state index is 0.00442. The minimum Gasteiger partial charge on any atom is -0.355 e. The van der Waals surface area contributed by atoms with E-state index in [2.05, 4.69) is 22.2 Å². The smallest absolute Gasteiger partial charge is 0.236 e. The van der Waals surface area contributed by atoms with Gasteiger partial charge in [-0.3, -0.25) is 4.79 Å². The maximum absolute atomic E-state index is 11.6. The molecule has 0 radical (unpaired) electrons. The van der Waals surface area contributed by atoms with Crippen LogP contribution in [0.25, 0.3) is 0 Å². The molecule has 0 aliphatic carbocycles. The van der Waals surface area contributed by atoms with Gasteiger partial charge in [0, 0.05) is 32.7 Å². The lowest BCUT2D eigenvalue weighted by atomic mass is 10.1. The Hall–Kier alpha value is -0.650. The Labute approximate surface area is 111 Å². The molecule has 0 bridgehead atoms. The van der Waals surface area contributed by atoms with Crippen LogP contribution < -0.4 is 11.1 Å². The zero-order valence-electron chi connectivity index (χ0n) is 11.8. The number of carbonyl (C=O) groups excluding carboxylic acids is 1. The van der Waals surface area contributed by atoms with Crippen LogP contribution in [-0.2, 0) is 4.79 Å². The number of piperazine rings is 1. The van der Waals surface area contributed by atoms with E-state index >= 15 is 0 Å². The van der Waals surface area contributed by atoms with Gasteiger partial charge in [-0.1, -0.05) is 13.3 Å². The van der Waals surface area contributed by atoms with Crippen molar-refractivity contribution in [2.24, 2.45) is 5.73 Å². The van der Waals surface area contributed by atoms with Gasteiger partial charge in [0.1, 0.15) is 0 Å². The van der Waals surface area contributed by atoms with Gasteiger partial charge in [0.05, 0.1) is 6.04 Å². The third-order valence-corrected chi connectivity index (χ3v) is 3.48. The maximum Gasteiger partial charge on any atom is 0.236 e. The number of hydrogen-bond donors (Lipinski definition) is 2. The number of nitrogens with one attached hydrogen (secondary N) is 1. The Balaban J connectivity index is 2.02. The molecule has 0 saturated carbocycles. The molecule has 1 aliphatic heterocycles. The maximum atomic E-state index is 11.6. The van der Waals surface area contributed by atoms with Crippen molar-refractivity contribution in [2.45, 2.75) is 32.2 Å². The van der Waals surface area contributed by atoms with Gasteiger partial charge in [0.2, 0.25) is 5.91 Å². The van der Waals surface area contributed by atoms with Crippen molar-refractivity contribution in [3.8, 4) is 0 Å². The van der Waals surface area contributed by atoms with Gasteiger partial charge in [0.15, 0.2) is 0 Å². The lowest BCUT2D eigenvalue weighted by molar-refractivity contribution is -0.122. The normalized spacial score (nSPS) is 19.7. The molecular formula is C13H28N4O. The van der Waals surface area contributed by atoms with Crippen molar-refractivity contribution >= 4 is 5.91 Å². The molecule has 0 spiro atoms. The minimum atomic E-state index is -0.335. The van der Waals surface area contributed by atoms with Crippen molar-refractivity contribution < 1.29 is 4.79 Å². The Morgan fingerprint density at radius 2 is 2.00 bits per heavy atom. The number of nitrogens with two attached hydrogens (primary N) is 1. The van der Waals surface area contributed by atoms with Crippen LogP contribution in [-0.4, -0.2) is 68.1 Å². The zero-order chi connectivity index (χ0) is 13.4. The van der Waals surface area contributed by atoms with Crippen LogP contribution in [0.2, 0.25) is 0 Å². The van der Waals surface area contributed by atoms with E-state index in [1.807, 2.05) is 6.92 Å². The molecule has 1 aliphatic rings. The number of amides is 1. The summed E-state index contributed by atoms with van der Waals surface area (Å²) < 4.78 is 0. The lowest BCUT2D eigenvalue weighted by Crippen LogP contribution is -2.45. The van der Waals surface area contributed by atoms with E-state index in [1.54, 1.807) is 0 Å². The van der Waals surface area contributed by atoms with Gasteiger partial charge in [-0.15, -0.1) is 0 Å². The highest BCUT2D eigenvalue weighted by Gasteiger charge is 2.14. The van der Waals surface area contributed by atoms with Crippen molar-refractivity contribution in [2.75, 3.05) is 46.3 Å². The number of hydrogen-bond acceptors (Lipinski definition) is 4. The van der Waals surface area contributed by atoms with Crippen molar-refractivity contribution in [3.63, 3.8) is 0 Å². The molecule has 1 fully saturated rings. The molecule has 5 nitrogen and oxygen atoms in total. The Morgan fingerprint density at radius 3 is 2.61 bits per heavy atom. The van der Waals surface area contributed by atoms with E-state index in [9.17, 15) is 4.79 Å². The highest BCUT2D eigenvalue weighted by molar-refractivity contribution is 5.81. The van der Waals surface area contributed by atoms with Crippen molar-refractivity contribution in [1.29, 1.82) is 0 Å². The second kappa shape index (κ2) is 8.45. The number of likely N-dealkylation sites (N-methyl/N-ethyl adjacent to an activating group) is 1. The van der Waals surface area contributed by atoms with Gasteiger partial charge < -0.3 is 20.9 Å². The summed E-state index contributed by atoms with van der Waals surface area (Å²) in [6, 6.07) is -0.335. The van der Waals surface area contributed by atoms with Gasteiger partial charge in [-0.2, -0.15) is 0 Å². The fourth-order valence-corrected chi connectivity index (χ4v) is 2.16. The van der Waals surface area contributed by atoms with E-state index in [1.165, 1.54) is 0 Å². The third-order valence-electron chi connectivity index (χ3n) is 3.48. The summed E-state index contributed by atoms with van der Waals surface area (Å²) in [5, 5.41) is 2.91. The van der Waals surface area contributed by atoms with Crippen LogP contribution in [0.15, 0.2) is 0 Å². The van der Waals surface area contributed by atoms with Crippen LogP contribution in [0, 0.1) is 0 Å². The summed E-state index contributed by atoms with van der Waals surface area (Å²) in [5.74, 6) is -0.00442. The van der Waals surface area contributed by atoms with Crippen LogP contribution >= 0.6 is 0 Å². The number of rotatable bonds is 7. The predicted molar refractivity (Wildman–Crippen MR) is 74.4 cm³/mol. The molecule has 0 aromatic rings. The summed E-state index contributed by atoms with van der Waals surface area (Å²) >= 11 is 0. The molecule has 1 saturated heterocycles. The van der Waals surface area contributed by atoms with E-state index in [4.69, 9.17) is 5.73 Å². The average Bonchev–Trinajstić information content (AvgIpc) is 2.36. The molecule has 1 rings (SSSR count). The van der Waals surface area contributed by atoms with E-state index < -0.39 is 0 Å². The number of carbonyl (C=O) groups is 1. The molecule has 5 heteroatoms. The van der Waals surface area contributed by atoms with Crippen molar-refractivity contribution in [1.82, 2.24) is 15.1 Å². The first-order valence-electron chi connectivity index (χ1n) is 7.07. The zero-order valence-corrected chi connectivity index (χ0v) is 11.8. The Bertz CT molecular complexity index is 239. The first kappa shape index (κ1) is 15.4.